The molecule has 0 aliphatic rings. The predicted molar refractivity (Wildman–Crippen MR) is 103 cm³/mol. The molecule has 1 amide bonds. The van der Waals surface area contributed by atoms with Gasteiger partial charge in [0, 0.05) is 18.8 Å². The van der Waals surface area contributed by atoms with Crippen LogP contribution in [0.2, 0.25) is 5.02 Å². The Morgan fingerprint density at radius 2 is 2.04 bits per heavy atom. The van der Waals surface area contributed by atoms with Gasteiger partial charge < -0.3 is 9.88 Å². The van der Waals surface area contributed by atoms with Gasteiger partial charge in [-0.1, -0.05) is 53.7 Å². The molecule has 3 rings (SSSR count). The summed E-state index contributed by atoms with van der Waals surface area (Å²) in [6, 6.07) is 13.3. The molecule has 0 saturated carbocycles. The van der Waals surface area contributed by atoms with Gasteiger partial charge in [-0.05, 0) is 17.7 Å². The Morgan fingerprint density at radius 3 is 2.67 bits per heavy atom. The maximum Gasteiger partial charge on any atom is 0.289 e. The van der Waals surface area contributed by atoms with Gasteiger partial charge in [0.25, 0.3) is 5.69 Å². The van der Waals surface area contributed by atoms with E-state index in [4.69, 9.17) is 11.6 Å². The number of thioether (sulfide) groups is 1. The van der Waals surface area contributed by atoms with Gasteiger partial charge in [-0.2, -0.15) is 0 Å². The third-order valence-corrected chi connectivity index (χ3v) is 5.27. The van der Waals surface area contributed by atoms with Crippen LogP contribution in [-0.4, -0.2) is 25.6 Å². The van der Waals surface area contributed by atoms with E-state index in [-0.39, 0.29) is 22.3 Å². The molecule has 1 N–H and O–H groups in total. The number of nitro benzene ring substituents is 1. The van der Waals surface area contributed by atoms with Gasteiger partial charge >= 0.3 is 0 Å². The molecular weight excluding hydrogens is 390 g/mol. The van der Waals surface area contributed by atoms with Gasteiger partial charge in [-0.15, -0.1) is 10.2 Å². The van der Waals surface area contributed by atoms with Crippen molar-refractivity contribution in [1.82, 2.24) is 14.8 Å². The Bertz CT molecular complexity index is 980. The van der Waals surface area contributed by atoms with E-state index < -0.39 is 10.2 Å². The first-order chi connectivity index (χ1) is 13.0. The highest BCUT2D eigenvalue weighted by Gasteiger charge is 2.25. The summed E-state index contributed by atoms with van der Waals surface area (Å²) in [5.74, 6) is -0.342. The second-order valence-corrected chi connectivity index (χ2v) is 7.03. The number of aryl methyl sites for hydroxylation is 1. The molecule has 0 radical (unpaired) electrons. The lowest BCUT2D eigenvalue weighted by Crippen LogP contribution is -2.19. The summed E-state index contributed by atoms with van der Waals surface area (Å²) in [6.45, 7) is 0. The van der Waals surface area contributed by atoms with Crippen molar-refractivity contribution in [3.8, 4) is 0 Å². The van der Waals surface area contributed by atoms with E-state index in [2.05, 4.69) is 15.5 Å². The molecule has 138 valence electrons. The fourth-order valence-corrected chi connectivity index (χ4v) is 3.49. The SMILES string of the molecule is Cn1cnnc1SC(C(=O)Nc1ccc(Cl)c([N+](=O)[O-])c1)c1ccccc1. The number of nitrogens with one attached hydrogen (secondary N) is 1. The molecule has 0 spiro atoms. The standard InChI is InChI=1S/C17H14ClN5O3S/c1-22-10-19-21-17(22)27-15(11-5-3-2-4-6-11)16(24)20-12-7-8-13(18)14(9-12)23(25)26/h2-10,15H,1H3,(H,20,24). The maximum atomic E-state index is 12.9. The van der Waals surface area contributed by atoms with Crippen molar-refractivity contribution in [2.75, 3.05) is 5.32 Å². The lowest BCUT2D eigenvalue weighted by atomic mass is 10.1. The molecule has 0 saturated heterocycles. The van der Waals surface area contributed by atoms with Crippen LogP contribution in [0.25, 0.3) is 0 Å². The molecule has 1 heterocycles. The highest BCUT2D eigenvalue weighted by atomic mass is 35.5. The van der Waals surface area contributed by atoms with Gasteiger partial charge in [-0.25, -0.2) is 0 Å². The van der Waals surface area contributed by atoms with Crippen LogP contribution in [-0.2, 0) is 11.8 Å². The number of carbonyl (C=O) groups excluding carboxylic acids is 1. The fourth-order valence-electron chi connectivity index (χ4n) is 2.32. The Morgan fingerprint density at radius 1 is 1.30 bits per heavy atom. The second kappa shape index (κ2) is 8.19. The molecule has 8 nitrogen and oxygen atoms in total. The molecule has 10 heteroatoms. The molecular formula is C17H14ClN5O3S. The number of anilines is 1. The second-order valence-electron chi connectivity index (χ2n) is 5.55. The summed E-state index contributed by atoms with van der Waals surface area (Å²) >= 11 is 7.06. The van der Waals surface area contributed by atoms with Crippen molar-refractivity contribution in [2.45, 2.75) is 10.4 Å². The highest BCUT2D eigenvalue weighted by molar-refractivity contribution is 8.00. The van der Waals surface area contributed by atoms with Crippen LogP contribution in [0.4, 0.5) is 11.4 Å². The molecule has 0 aliphatic heterocycles. The predicted octanol–water partition coefficient (Wildman–Crippen LogP) is 3.85. The number of nitro groups is 1. The number of halogens is 1. The van der Waals surface area contributed by atoms with E-state index in [1.54, 1.807) is 17.9 Å². The Labute approximate surface area is 163 Å². The molecule has 1 aromatic heterocycles. The maximum absolute atomic E-state index is 12.9. The average Bonchev–Trinajstić information content (AvgIpc) is 3.06. The normalized spacial score (nSPS) is 11.8. The van der Waals surface area contributed by atoms with Crippen molar-refractivity contribution >= 4 is 40.6 Å². The Hall–Kier alpha value is -2.91. The van der Waals surface area contributed by atoms with Crippen molar-refractivity contribution in [2.24, 2.45) is 7.05 Å². The van der Waals surface area contributed by atoms with Crippen LogP contribution in [0.15, 0.2) is 60.0 Å². The molecule has 0 aliphatic carbocycles. The van der Waals surface area contributed by atoms with Crippen molar-refractivity contribution in [3.05, 3.63) is 75.6 Å². The minimum Gasteiger partial charge on any atom is -0.325 e. The number of hydrogen-bond acceptors (Lipinski definition) is 6. The lowest BCUT2D eigenvalue weighted by Gasteiger charge is -2.16. The Balaban J connectivity index is 1.88. The third kappa shape index (κ3) is 4.44. The first-order valence-corrected chi connectivity index (χ1v) is 9.02. The first kappa shape index (κ1) is 18.9. The number of amides is 1. The smallest absolute Gasteiger partial charge is 0.289 e. The van der Waals surface area contributed by atoms with Gasteiger partial charge in [-0.3, -0.25) is 14.9 Å². The molecule has 2 aromatic carbocycles. The molecule has 1 unspecified atom stereocenters. The molecule has 0 fully saturated rings. The van der Waals surface area contributed by atoms with Gasteiger partial charge in [0.15, 0.2) is 5.16 Å². The summed E-state index contributed by atoms with van der Waals surface area (Å²) in [4.78, 5) is 23.4. The monoisotopic (exact) mass is 403 g/mol. The largest absolute Gasteiger partial charge is 0.325 e. The van der Waals surface area contributed by atoms with Crippen LogP contribution in [0.1, 0.15) is 10.8 Å². The van der Waals surface area contributed by atoms with Crippen molar-refractivity contribution in [3.63, 3.8) is 0 Å². The number of aromatic nitrogens is 3. The van der Waals surface area contributed by atoms with E-state index in [1.165, 1.54) is 30.0 Å². The van der Waals surface area contributed by atoms with Crippen molar-refractivity contribution < 1.29 is 9.72 Å². The van der Waals surface area contributed by atoms with Crippen LogP contribution >= 0.6 is 23.4 Å². The van der Waals surface area contributed by atoms with Crippen LogP contribution < -0.4 is 5.32 Å². The highest BCUT2D eigenvalue weighted by Crippen LogP contribution is 2.35. The summed E-state index contributed by atoms with van der Waals surface area (Å²) in [5.41, 5.74) is 0.786. The zero-order valence-corrected chi connectivity index (χ0v) is 15.6. The number of hydrogen-bond donors (Lipinski definition) is 1. The molecule has 3 aromatic rings. The average molecular weight is 404 g/mol. The molecule has 0 bridgehead atoms. The van der Waals surface area contributed by atoms with E-state index in [9.17, 15) is 14.9 Å². The Kier molecular flexibility index (Phi) is 5.72. The number of nitrogens with zero attached hydrogens (tertiary/aromatic N) is 4. The van der Waals surface area contributed by atoms with E-state index in [0.717, 1.165) is 5.56 Å². The first-order valence-electron chi connectivity index (χ1n) is 7.76. The quantitative estimate of drug-likeness (QED) is 0.381. The van der Waals surface area contributed by atoms with E-state index in [0.29, 0.717) is 5.16 Å². The van der Waals surface area contributed by atoms with Gasteiger partial charge in [0.05, 0.1) is 4.92 Å². The van der Waals surface area contributed by atoms with E-state index >= 15 is 0 Å². The zero-order valence-electron chi connectivity index (χ0n) is 14.1. The third-order valence-electron chi connectivity index (χ3n) is 3.64. The minimum atomic E-state index is -0.621. The summed E-state index contributed by atoms with van der Waals surface area (Å²) in [5, 5.41) is 21.6. The van der Waals surface area contributed by atoms with Crippen LogP contribution in [0, 0.1) is 10.1 Å². The van der Waals surface area contributed by atoms with Crippen molar-refractivity contribution in [1.29, 1.82) is 0 Å². The number of carbonyl (C=O) groups is 1. The van der Waals surface area contributed by atoms with E-state index in [1.807, 2.05) is 30.3 Å². The number of benzene rings is 2. The summed E-state index contributed by atoms with van der Waals surface area (Å²) < 4.78 is 1.71. The fraction of sp³-hybridized carbons (Fsp3) is 0.118. The molecule has 1 atom stereocenters. The zero-order chi connectivity index (χ0) is 19.4. The topological polar surface area (TPSA) is 103 Å². The summed E-state index contributed by atoms with van der Waals surface area (Å²) in [7, 11) is 1.78. The van der Waals surface area contributed by atoms with Crippen LogP contribution in [0.3, 0.4) is 0 Å². The lowest BCUT2D eigenvalue weighted by molar-refractivity contribution is -0.384. The number of rotatable bonds is 6. The summed E-state index contributed by atoms with van der Waals surface area (Å²) in [6.07, 6.45) is 1.55. The van der Waals surface area contributed by atoms with Gasteiger partial charge in [0.2, 0.25) is 5.91 Å². The molecule has 27 heavy (non-hydrogen) atoms. The minimum absolute atomic E-state index is 0.00562. The van der Waals surface area contributed by atoms with Gasteiger partial charge in [0.1, 0.15) is 16.6 Å². The van der Waals surface area contributed by atoms with Crippen LogP contribution in [0.5, 0.6) is 0 Å².